The summed E-state index contributed by atoms with van der Waals surface area (Å²) < 4.78 is 1.85. The summed E-state index contributed by atoms with van der Waals surface area (Å²) in [6.07, 6.45) is 0. The van der Waals surface area contributed by atoms with Crippen LogP contribution in [0.15, 0.2) is 6.58 Å². The molecular formula is C9H15N3. The zero-order chi connectivity index (χ0) is 9.30. The van der Waals surface area contributed by atoms with Crippen molar-refractivity contribution >= 4 is 5.57 Å². The Kier molecular flexibility index (Phi) is 2.33. The monoisotopic (exact) mass is 165 g/mol. The maximum Gasteiger partial charge on any atom is 0.0671 e. The normalized spacial score (nSPS) is 10.3. The highest BCUT2D eigenvalue weighted by molar-refractivity contribution is 5.68. The second-order valence-corrected chi connectivity index (χ2v) is 2.98. The summed E-state index contributed by atoms with van der Waals surface area (Å²) in [5.74, 6) is 0. The Hall–Kier alpha value is -1.09. The van der Waals surface area contributed by atoms with Gasteiger partial charge in [0.25, 0.3) is 0 Å². The molecule has 0 radical (unpaired) electrons. The van der Waals surface area contributed by atoms with E-state index in [1.165, 1.54) is 0 Å². The minimum atomic E-state index is 0.493. The summed E-state index contributed by atoms with van der Waals surface area (Å²) in [7, 11) is 1.93. The first-order valence-corrected chi connectivity index (χ1v) is 3.96. The smallest absolute Gasteiger partial charge is 0.0671 e. The molecule has 0 atom stereocenters. The van der Waals surface area contributed by atoms with E-state index in [-0.39, 0.29) is 0 Å². The quantitative estimate of drug-likeness (QED) is 0.710. The number of aryl methyl sites for hydroxylation is 2. The lowest BCUT2D eigenvalue weighted by molar-refractivity contribution is 0.731. The molecule has 0 aromatic carbocycles. The maximum absolute atomic E-state index is 5.51. The Balaban J connectivity index is 3.22. The summed E-state index contributed by atoms with van der Waals surface area (Å²) in [4.78, 5) is 0. The van der Waals surface area contributed by atoms with E-state index in [4.69, 9.17) is 5.73 Å². The molecular weight excluding hydrogens is 150 g/mol. The molecule has 66 valence electrons. The second-order valence-electron chi connectivity index (χ2n) is 2.98. The molecule has 0 aliphatic rings. The summed E-state index contributed by atoms with van der Waals surface area (Å²) in [5.41, 5.74) is 9.71. The van der Waals surface area contributed by atoms with Gasteiger partial charge in [-0.05, 0) is 19.4 Å². The fourth-order valence-electron chi connectivity index (χ4n) is 1.39. The van der Waals surface area contributed by atoms with Gasteiger partial charge in [-0.25, -0.2) is 0 Å². The van der Waals surface area contributed by atoms with Gasteiger partial charge in [-0.3, -0.25) is 4.68 Å². The third-order valence-electron chi connectivity index (χ3n) is 2.11. The van der Waals surface area contributed by atoms with Crippen molar-refractivity contribution in [3.8, 4) is 0 Å². The molecule has 1 aromatic rings. The van der Waals surface area contributed by atoms with Crippen LogP contribution in [-0.2, 0) is 7.05 Å². The van der Waals surface area contributed by atoms with Gasteiger partial charge in [-0.15, -0.1) is 0 Å². The van der Waals surface area contributed by atoms with Crippen molar-refractivity contribution in [2.45, 2.75) is 13.8 Å². The fourth-order valence-corrected chi connectivity index (χ4v) is 1.39. The molecule has 1 rings (SSSR count). The number of hydrogen-bond acceptors (Lipinski definition) is 2. The predicted octanol–water partition coefficient (Wildman–Crippen LogP) is 1.01. The summed E-state index contributed by atoms with van der Waals surface area (Å²) >= 11 is 0. The average molecular weight is 165 g/mol. The minimum absolute atomic E-state index is 0.493. The van der Waals surface area contributed by atoms with Crippen LogP contribution >= 0.6 is 0 Å². The first-order chi connectivity index (χ1) is 5.57. The predicted molar refractivity (Wildman–Crippen MR) is 50.8 cm³/mol. The van der Waals surface area contributed by atoms with E-state index in [0.717, 1.165) is 22.5 Å². The van der Waals surface area contributed by atoms with Crippen LogP contribution in [0.25, 0.3) is 5.57 Å². The number of nitrogens with zero attached hydrogens (tertiary/aromatic N) is 2. The van der Waals surface area contributed by atoms with Crippen molar-refractivity contribution in [2.24, 2.45) is 12.8 Å². The van der Waals surface area contributed by atoms with Crippen molar-refractivity contribution in [3.05, 3.63) is 23.5 Å². The van der Waals surface area contributed by atoms with Gasteiger partial charge in [0.15, 0.2) is 0 Å². The molecule has 0 amide bonds. The molecule has 0 aliphatic carbocycles. The molecule has 0 fully saturated rings. The van der Waals surface area contributed by atoms with Crippen molar-refractivity contribution in [3.63, 3.8) is 0 Å². The molecule has 0 aliphatic heterocycles. The molecule has 2 N–H and O–H groups in total. The summed E-state index contributed by atoms with van der Waals surface area (Å²) in [5, 5.41) is 4.28. The van der Waals surface area contributed by atoms with Crippen LogP contribution < -0.4 is 5.73 Å². The van der Waals surface area contributed by atoms with Crippen LogP contribution in [0, 0.1) is 13.8 Å². The average Bonchev–Trinajstić information content (AvgIpc) is 2.26. The topological polar surface area (TPSA) is 43.8 Å². The number of hydrogen-bond donors (Lipinski definition) is 1. The number of aromatic nitrogens is 2. The van der Waals surface area contributed by atoms with Crippen LogP contribution in [0.1, 0.15) is 17.0 Å². The van der Waals surface area contributed by atoms with Crippen molar-refractivity contribution in [2.75, 3.05) is 6.54 Å². The highest BCUT2D eigenvalue weighted by Crippen LogP contribution is 2.19. The molecule has 0 saturated heterocycles. The third-order valence-corrected chi connectivity index (χ3v) is 2.11. The number of nitrogens with two attached hydrogens (primary N) is 1. The maximum atomic E-state index is 5.51. The Morgan fingerprint density at radius 1 is 1.58 bits per heavy atom. The van der Waals surface area contributed by atoms with E-state index in [1.54, 1.807) is 0 Å². The van der Waals surface area contributed by atoms with Crippen molar-refractivity contribution < 1.29 is 0 Å². The zero-order valence-electron chi connectivity index (χ0n) is 7.89. The Bertz CT molecular complexity index is 310. The molecule has 12 heavy (non-hydrogen) atoms. The zero-order valence-corrected chi connectivity index (χ0v) is 7.89. The molecule has 0 unspecified atom stereocenters. The van der Waals surface area contributed by atoms with E-state index in [1.807, 2.05) is 25.6 Å². The molecule has 0 saturated carbocycles. The lowest BCUT2D eigenvalue weighted by Crippen LogP contribution is -2.02. The lowest BCUT2D eigenvalue weighted by atomic mass is 10.1. The molecule has 1 aromatic heterocycles. The van der Waals surface area contributed by atoms with Gasteiger partial charge in [0.05, 0.1) is 5.69 Å². The van der Waals surface area contributed by atoms with E-state index < -0.39 is 0 Å². The highest BCUT2D eigenvalue weighted by atomic mass is 15.3. The minimum Gasteiger partial charge on any atom is -0.326 e. The Labute approximate surface area is 72.9 Å². The van der Waals surface area contributed by atoms with E-state index in [0.29, 0.717) is 6.54 Å². The molecule has 3 heteroatoms. The van der Waals surface area contributed by atoms with Gasteiger partial charge >= 0.3 is 0 Å². The molecule has 1 heterocycles. The van der Waals surface area contributed by atoms with Gasteiger partial charge in [-0.1, -0.05) is 6.58 Å². The van der Waals surface area contributed by atoms with Gasteiger partial charge in [-0.2, -0.15) is 5.10 Å². The standard InChI is InChI=1S/C9H15N3/c1-6(5-10)9-7(2)11-12(4)8(9)3/h1,5,10H2,2-4H3. The molecule has 3 nitrogen and oxygen atoms in total. The van der Waals surface area contributed by atoms with Gasteiger partial charge in [0, 0.05) is 24.8 Å². The Morgan fingerprint density at radius 3 is 2.50 bits per heavy atom. The molecule has 0 spiro atoms. The fraction of sp³-hybridized carbons (Fsp3) is 0.444. The largest absolute Gasteiger partial charge is 0.326 e. The first-order valence-electron chi connectivity index (χ1n) is 3.96. The summed E-state index contributed by atoms with van der Waals surface area (Å²) in [6.45, 7) is 8.39. The second kappa shape index (κ2) is 3.11. The van der Waals surface area contributed by atoms with Gasteiger partial charge < -0.3 is 5.73 Å². The first kappa shape index (κ1) is 9.00. The molecule has 0 bridgehead atoms. The van der Waals surface area contributed by atoms with E-state index in [9.17, 15) is 0 Å². The van der Waals surface area contributed by atoms with Crippen LogP contribution in [-0.4, -0.2) is 16.3 Å². The highest BCUT2D eigenvalue weighted by Gasteiger charge is 2.10. The van der Waals surface area contributed by atoms with E-state index >= 15 is 0 Å². The number of rotatable bonds is 2. The summed E-state index contributed by atoms with van der Waals surface area (Å²) in [6, 6.07) is 0. The van der Waals surface area contributed by atoms with Crippen LogP contribution in [0.3, 0.4) is 0 Å². The van der Waals surface area contributed by atoms with Crippen LogP contribution in [0.5, 0.6) is 0 Å². The third kappa shape index (κ3) is 1.28. The lowest BCUT2D eigenvalue weighted by Gasteiger charge is -2.02. The van der Waals surface area contributed by atoms with Crippen LogP contribution in [0.2, 0.25) is 0 Å². The van der Waals surface area contributed by atoms with Gasteiger partial charge in [0.1, 0.15) is 0 Å². The van der Waals surface area contributed by atoms with E-state index in [2.05, 4.69) is 11.7 Å². The van der Waals surface area contributed by atoms with Crippen LogP contribution in [0.4, 0.5) is 0 Å². The van der Waals surface area contributed by atoms with Crippen molar-refractivity contribution in [1.82, 2.24) is 9.78 Å². The SMILES string of the molecule is C=C(CN)c1c(C)nn(C)c1C. The van der Waals surface area contributed by atoms with Gasteiger partial charge in [0.2, 0.25) is 0 Å². The Morgan fingerprint density at radius 2 is 2.17 bits per heavy atom. The van der Waals surface area contributed by atoms with Crippen molar-refractivity contribution in [1.29, 1.82) is 0 Å².